The molecule has 3 rings (SSSR count). The van der Waals surface area contributed by atoms with Gasteiger partial charge in [-0.15, -0.1) is 0 Å². The second kappa shape index (κ2) is 15.8. The van der Waals surface area contributed by atoms with Crippen molar-refractivity contribution in [3.8, 4) is 0 Å². The summed E-state index contributed by atoms with van der Waals surface area (Å²) in [6.07, 6.45) is 6.28. The van der Waals surface area contributed by atoms with Crippen molar-refractivity contribution in [3.05, 3.63) is 99.5 Å². The maximum absolute atomic E-state index is 16.3. The molecular formula is C32H39F4N5O2S. The molecule has 7 nitrogen and oxygen atoms in total. The molecule has 0 amide bonds. The van der Waals surface area contributed by atoms with Crippen LogP contribution in [0.1, 0.15) is 44.4 Å². The van der Waals surface area contributed by atoms with Gasteiger partial charge in [0.05, 0.1) is 33.6 Å². The molecule has 2 unspecified atom stereocenters. The van der Waals surface area contributed by atoms with Crippen LogP contribution in [0.4, 0.5) is 29.1 Å². The van der Waals surface area contributed by atoms with Gasteiger partial charge in [0, 0.05) is 56.7 Å². The first-order chi connectivity index (χ1) is 20.8. The van der Waals surface area contributed by atoms with E-state index in [1.807, 2.05) is 13.0 Å². The van der Waals surface area contributed by atoms with Crippen molar-refractivity contribution >= 4 is 28.0 Å². The first kappa shape index (κ1) is 34.7. The fraction of sp³-hybridized carbons (Fsp3) is 0.375. The number of aliphatic imine (C=N–C) groups is 1. The number of rotatable bonds is 10. The lowest BCUT2D eigenvalue weighted by atomic mass is 10.1. The third-order valence-electron chi connectivity index (χ3n) is 7.18. The Labute approximate surface area is 258 Å². The number of likely N-dealkylation sites (N-methyl/N-ethyl adjacent to an activating group) is 1. The van der Waals surface area contributed by atoms with E-state index < -0.39 is 39.9 Å². The van der Waals surface area contributed by atoms with Crippen LogP contribution in [-0.2, 0) is 17.8 Å². The van der Waals surface area contributed by atoms with Crippen LogP contribution in [0, 0.1) is 24.4 Å². The third kappa shape index (κ3) is 9.12. The van der Waals surface area contributed by atoms with Crippen molar-refractivity contribution in [2.75, 3.05) is 36.1 Å². The van der Waals surface area contributed by atoms with Crippen LogP contribution in [0.3, 0.4) is 0 Å². The largest absolute Gasteiger partial charge is 0.378 e. The van der Waals surface area contributed by atoms with Crippen LogP contribution in [-0.4, -0.2) is 46.4 Å². The lowest BCUT2D eigenvalue weighted by molar-refractivity contribution is 0.582. The second-order valence-corrected chi connectivity index (χ2v) is 11.8. The number of aromatic nitrogens is 1. The molecule has 2 heterocycles. The summed E-state index contributed by atoms with van der Waals surface area (Å²) in [7, 11) is -0.0972. The molecule has 0 radical (unpaired) electrons. The van der Waals surface area contributed by atoms with E-state index in [0.29, 0.717) is 31.0 Å². The quantitative estimate of drug-likeness (QED) is 0.242. The number of aryl methyl sites for hydroxylation is 1. The number of hydrogen-bond acceptors (Lipinski definition) is 6. The summed E-state index contributed by atoms with van der Waals surface area (Å²) in [4.78, 5) is 19.3. The minimum absolute atomic E-state index is 0.00630. The molecule has 1 aromatic heterocycles. The molecule has 0 saturated carbocycles. The molecule has 2 N–H and O–H groups in total. The van der Waals surface area contributed by atoms with Crippen molar-refractivity contribution < 1.29 is 21.8 Å². The SMILES string of the molecule is CCN(CCNC1C=CC/C(F)=C\N=C1C)c1c(F)cc([C@@H](C)Nc2ccc(F)cc2S(C)=O)cc(F)cc(C)c(=O)n1C. The highest BCUT2D eigenvalue weighted by atomic mass is 32.2. The number of halogens is 4. The number of nitrogens with zero attached hydrogens (tertiary/aromatic N) is 3. The molecule has 0 fully saturated rings. The third-order valence-corrected chi connectivity index (χ3v) is 8.14. The second-order valence-electron chi connectivity index (χ2n) is 10.5. The number of anilines is 2. The van der Waals surface area contributed by atoms with E-state index in [0.717, 1.165) is 28.8 Å². The normalized spacial score (nSPS) is 17.4. The summed E-state index contributed by atoms with van der Waals surface area (Å²) in [5.74, 6) is -2.43. The van der Waals surface area contributed by atoms with Crippen LogP contribution < -0.4 is 21.1 Å². The first-order valence-electron chi connectivity index (χ1n) is 14.2. The molecule has 2 aromatic rings. The minimum atomic E-state index is -1.53. The highest BCUT2D eigenvalue weighted by Gasteiger charge is 2.18. The summed E-state index contributed by atoms with van der Waals surface area (Å²) in [5.41, 5.74) is 0.709. The van der Waals surface area contributed by atoms with Crippen molar-refractivity contribution in [1.82, 2.24) is 9.88 Å². The van der Waals surface area contributed by atoms with Crippen molar-refractivity contribution in [2.24, 2.45) is 12.0 Å². The highest BCUT2D eigenvalue weighted by molar-refractivity contribution is 7.84. The number of allylic oxidation sites excluding steroid dienone is 2. The zero-order valence-electron chi connectivity index (χ0n) is 25.8. The summed E-state index contributed by atoms with van der Waals surface area (Å²) in [6, 6.07) is 6.18. The van der Waals surface area contributed by atoms with E-state index in [9.17, 15) is 17.8 Å². The fourth-order valence-electron chi connectivity index (χ4n) is 4.77. The molecule has 1 aliphatic heterocycles. The minimum Gasteiger partial charge on any atom is -0.378 e. The maximum atomic E-state index is 16.3. The highest BCUT2D eigenvalue weighted by Crippen LogP contribution is 2.27. The molecule has 12 heteroatoms. The fourth-order valence-corrected chi connectivity index (χ4v) is 5.49. The Kier molecular flexibility index (Phi) is 12.5. The average Bonchev–Trinajstić information content (AvgIpc) is 2.96. The van der Waals surface area contributed by atoms with Gasteiger partial charge < -0.3 is 15.5 Å². The van der Waals surface area contributed by atoms with E-state index >= 15 is 8.78 Å². The van der Waals surface area contributed by atoms with Crippen molar-refractivity contribution in [1.29, 1.82) is 0 Å². The van der Waals surface area contributed by atoms with E-state index in [1.165, 1.54) is 38.6 Å². The summed E-state index contributed by atoms with van der Waals surface area (Å²) < 4.78 is 72.2. The predicted octanol–water partition coefficient (Wildman–Crippen LogP) is 6.16. The van der Waals surface area contributed by atoms with Crippen LogP contribution in [0.5, 0.6) is 0 Å². The monoisotopic (exact) mass is 633 g/mol. The first-order valence-corrected chi connectivity index (χ1v) is 15.8. The molecule has 0 saturated heterocycles. The lowest BCUT2D eigenvalue weighted by Crippen LogP contribution is -2.41. The van der Waals surface area contributed by atoms with Gasteiger partial charge >= 0.3 is 0 Å². The van der Waals surface area contributed by atoms with Gasteiger partial charge in [0.2, 0.25) is 0 Å². The number of hydrogen-bond donors (Lipinski definition) is 2. The molecule has 1 aromatic carbocycles. The topological polar surface area (TPSA) is 78.7 Å². The number of nitrogens with one attached hydrogen (secondary N) is 2. The standard InChI is InChI=1S/C32H39F4N5O2S/c1-7-41(14-13-37-28-10-8-9-25(34)19-38-22(28)4)31-27(36)17-23(16-26(35)15-20(2)32(42)40(31)5)21(3)39-29-12-11-24(33)18-30(29)44(6)43/h8,10-12,15-19,21,28,37,39H,7,9,13-14H2,1-6H3/b10-8?,20-15?,23-17?,25-19+,26-16?,31-27?,38-22?/t21-,28?,44?/m1/s1. The predicted molar refractivity (Wildman–Crippen MR) is 170 cm³/mol. The zero-order valence-corrected chi connectivity index (χ0v) is 26.6. The van der Waals surface area contributed by atoms with Gasteiger partial charge in [-0.25, -0.2) is 17.6 Å². The Hall–Kier alpha value is -3.77. The molecule has 44 heavy (non-hydrogen) atoms. The lowest BCUT2D eigenvalue weighted by Gasteiger charge is -2.26. The van der Waals surface area contributed by atoms with Gasteiger partial charge in [0.1, 0.15) is 23.3 Å². The Morgan fingerprint density at radius 3 is 2.52 bits per heavy atom. The van der Waals surface area contributed by atoms with Gasteiger partial charge in [-0.1, -0.05) is 12.2 Å². The smallest absolute Gasteiger partial charge is 0.254 e. The van der Waals surface area contributed by atoms with Crippen LogP contribution in [0.2, 0.25) is 0 Å². The summed E-state index contributed by atoms with van der Waals surface area (Å²) >= 11 is 0. The number of benzene rings is 1. The summed E-state index contributed by atoms with van der Waals surface area (Å²) in [5, 5.41) is 6.42. The van der Waals surface area contributed by atoms with Gasteiger partial charge in [-0.2, -0.15) is 0 Å². The molecule has 238 valence electrons. The van der Waals surface area contributed by atoms with Crippen molar-refractivity contribution in [2.45, 2.75) is 51.1 Å². The van der Waals surface area contributed by atoms with Gasteiger partial charge in [0.15, 0.2) is 5.82 Å². The molecule has 0 bridgehead atoms. The van der Waals surface area contributed by atoms with Crippen molar-refractivity contribution in [3.63, 3.8) is 0 Å². The molecule has 1 aliphatic rings. The maximum Gasteiger partial charge on any atom is 0.254 e. The Bertz CT molecular complexity index is 1600. The van der Waals surface area contributed by atoms with Gasteiger partial charge in [-0.3, -0.25) is 18.6 Å². The Balaban J connectivity index is 2.05. The van der Waals surface area contributed by atoms with E-state index in [2.05, 4.69) is 15.6 Å². The van der Waals surface area contributed by atoms with E-state index in [-0.39, 0.29) is 40.1 Å². The average molecular weight is 634 g/mol. The van der Waals surface area contributed by atoms with Crippen LogP contribution in [0.15, 0.2) is 75.3 Å². The van der Waals surface area contributed by atoms with E-state index in [1.54, 1.807) is 24.8 Å². The molecule has 3 atom stereocenters. The molecular weight excluding hydrogens is 594 g/mol. The Morgan fingerprint density at radius 1 is 1.11 bits per heavy atom. The molecule has 0 spiro atoms. The molecule has 0 aliphatic carbocycles. The van der Waals surface area contributed by atoms with Crippen LogP contribution in [0.25, 0.3) is 0 Å². The Morgan fingerprint density at radius 2 is 1.84 bits per heavy atom. The van der Waals surface area contributed by atoms with Crippen LogP contribution >= 0.6 is 0 Å². The summed E-state index contributed by atoms with van der Waals surface area (Å²) in [6.45, 7) is 7.74. The van der Waals surface area contributed by atoms with Gasteiger partial charge in [-0.05, 0) is 69.7 Å². The van der Waals surface area contributed by atoms with E-state index in [4.69, 9.17) is 0 Å². The zero-order chi connectivity index (χ0) is 32.6. The van der Waals surface area contributed by atoms with Gasteiger partial charge in [0.25, 0.3) is 5.56 Å².